The highest BCUT2D eigenvalue weighted by atomic mass is 35.5. The van der Waals surface area contributed by atoms with Crippen LogP contribution in [0, 0.1) is 0 Å². The lowest BCUT2D eigenvalue weighted by Gasteiger charge is -2.28. The van der Waals surface area contributed by atoms with Crippen molar-refractivity contribution in [1.29, 1.82) is 0 Å². The molecule has 3 rings (SSSR count). The molecule has 2 saturated heterocycles. The van der Waals surface area contributed by atoms with Crippen LogP contribution in [0.15, 0.2) is 24.3 Å². The van der Waals surface area contributed by atoms with Gasteiger partial charge in [0, 0.05) is 37.6 Å². The molecule has 2 fully saturated rings. The number of hydrogen-bond acceptors (Lipinski definition) is 4. The van der Waals surface area contributed by atoms with Crippen LogP contribution < -0.4 is 0 Å². The number of amides is 1. The molecule has 2 aliphatic rings. The van der Waals surface area contributed by atoms with Gasteiger partial charge in [-0.15, -0.1) is 0 Å². The highest BCUT2D eigenvalue weighted by molar-refractivity contribution is 6.30. The number of carbonyl (C=O) groups excluding carboxylic acids is 1. The van der Waals surface area contributed by atoms with Gasteiger partial charge in [0.2, 0.25) is 5.91 Å². The van der Waals surface area contributed by atoms with E-state index in [0.717, 1.165) is 50.5 Å². The van der Waals surface area contributed by atoms with Crippen molar-refractivity contribution in [3.63, 3.8) is 0 Å². The van der Waals surface area contributed by atoms with Crippen LogP contribution in [0.25, 0.3) is 0 Å². The summed E-state index contributed by atoms with van der Waals surface area (Å²) in [5.74, 6) is 0.235. The molecule has 138 valence electrons. The first kappa shape index (κ1) is 18.6. The third-order valence-corrected chi connectivity index (χ3v) is 5.39. The predicted molar refractivity (Wildman–Crippen MR) is 97.8 cm³/mol. The number of halogens is 1. The molecule has 0 spiro atoms. The monoisotopic (exact) mass is 366 g/mol. The molecule has 0 saturated carbocycles. The summed E-state index contributed by atoms with van der Waals surface area (Å²) in [4.78, 5) is 16.8. The Bertz CT molecular complexity index is 566. The summed E-state index contributed by atoms with van der Waals surface area (Å²) in [6.07, 6.45) is 2.88. The van der Waals surface area contributed by atoms with Gasteiger partial charge in [-0.25, -0.2) is 0 Å². The molecule has 1 aromatic rings. The molecule has 1 amide bonds. The fourth-order valence-corrected chi connectivity index (χ4v) is 3.78. The normalized spacial score (nSPS) is 25.1. The lowest BCUT2D eigenvalue weighted by molar-refractivity contribution is -0.131. The zero-order valence-electron chi connectivity index (χ0n) is 14.6. The molecule has 1 aromatic carbocycles. The summed E-state index contributed by atoms with van der Waals surface area (Å²) in [6.45, 7) is 4.29. The minimum absolute atomic E-state index is 0.0833. The number of hydrogen-bond donors (Lipinski definition) is 1. The Morgan fingerprint density at radius 1 is 1.16 bits per heavy atom. The molecule has 6 heteroatoms. The third kappa shape index (κ3) is 5.17. The number of ether oxygens (including phenoxy) is 1. The Balaban J connectivity index is 1.42. The number of aliphatic hydroxyl groups excluding tert-OH is 1. The molecule has 0 aromatic heterocycles. The molecule has 0 bridgehead atoms. The SMILES string of the molecule is O=C(CCCc1ccc(Cl)cc1)N1CCCN([C@H]2COC[C@@H]2O)CC1. The van der Waals surface area contributed by atoms with Gasteiger partial charge in [-0.2, -0.15) is 0 Å². The van der Waals surface area contributed by atoms with Crippen LogP contribution in [0.1, 0.15) is 24.8 Å². The second-order valence-electron chi connectivity index (χ2n) is 6.92. The molecule has 2 heterocycles. The number of rotatable bonds is 5. The van der Waals surface area contributed by atoms with Gasteiger partial charge in [0.1, 0.15) is 0 Å². The molecular weight excluding hydrogens is 340 g/mol. The Hall–Kier alpha value is -1.14. The van der Waals surface area contributed by atoms with Gasteiger partial charge in [0.05, 0.1) is 25.4 Å². The first-order valence-corrected chi connectivity index (χ1v) is 9.53. The van der Waals surface area contributed by atoms with E-state index in [1.54, 1.807) is 0 Å². The molecule has 25 heavy (non-hydrogen) atoms. The summed E-state index contributed by atoms with van der Waals surface area (Å²) in [5.41, 5.74) is 1.22. The lowest BCUT2D eigenvalue weighted by atomic mass is 10.1. The van der Waals surface area contributed by atoms with Gasteiger partial charge >= 0.3 is 0 Å². The van der Waals surface area contributed by atoms with Crippen molar-refractivity contribution < 1.29 is 14.6 Å². The van der Waals surface area contributed by atoms with Crippen LogP contribution in [-0.2, 0) is 16.0 Å². The first-order chi connectivity index (χ1) is 12.1. The second-order valence-corrected chi connectivity index (χ2v) is 7.36. The van der Waals surface area contributed by atoms with Crippen LogP contribution in [0.4, 0.5) is 0 Å². The minimum Gasteiger partial charge on any atom is -0.389 e. The van der Waals surface area contributed by atoms with Crippen LogP contribution in [0.3, 0.4) is 0 Å². The zero-order valence-corrected chi connectivity index (χ0v) is 15.3. The predicted octanol–water partition coefficient (Wildman–Crippen LogP) is 1.96. The Kier molecular flexibility index (Phi) is 6.70. The van der Waals surface area contributed by atoms with Gasteiger partial charge in [-0.3, -0.25) is 9.69 Å². The molecule has 0 aliphatic carbocycles. The number of benzene rings is 1. The lowest BCUT2D eigenvalue weighted by Crippen LogP contribution is -2.45. The summed E-state index contributed by atoms with van der Waals surface area (Å²) >= 11 is 5.89. The fraction of sp³-hybridized carbons (Fsp3) is 0.632. The van der Waals surface area contributed by atoms with Crippen molar-refractivity contribution in [3.05, 3.63) is 34.9 Å². The molecule has 1 N–H and O–H groups in total. The molecular formula is C19H27ClN2O3. The standard InChI is InChI=1S/C19H27ClN2O3/c20-16-7-5-15(6-8-16)3-1-4-19(24)22-10-2-9-21(11-12-22)17-13-25-14-18(17)23/h5-8,17-18,23H,1-4,9-14H2/t17-,18-/m0/s1. The van der Waals surface area contributed by atoms with Gasteiger partial charge < -0.3 is 14.7 Å². The maximum Gasteiger partial charge on any atom is 0.222 e. The molecule has 0 radical (unpaired) electrons. The van der Waals surface area contributed by atoms with Crippen molar-refractivity contribution >= 4 is 17.5 Å². The number of carbonyl (C=O) groups is 1. The van der Waals surface area contributed by atoms with Gasteiger partial charge in [-0.1, -0.05) is 23.7 Å². The number of aryl methyl sites for hydroxylation is 1. The number of nitrogens with zero attached hydrogens (tertiary/aromatic N) is 2. The number of aliphatic hydroxyl groups is 1. The van der Waals surface area contributed by atoms with Crippen LogP contribution in [-0.4, -0.2) is 72.4 Å². The van der Waals surface area contributed by atoms with Crippen molar-refractivity contribution in [3.8, 4) is 0 Å². The van der Waals surface area contributed by atoms with E-state index in [2.05, 4.69) is 4.90 Å². The second kappa shape index (κ2) is 8.99. The summed E-state index contributed by atoms with van der Waals surface area (Å²) < 4.78 is 5.36. The summed E-state index contributed by atoms with van der Waals surface area (Å²) in [5, 5.41) is 10.7. The summed E-state index contributed by atoms with van der Waals surface area (Å²) in [6, 6.07) is 7.91. The van der Waals surface area contributed by atoms with Gasteiger partial charge in [0.25, 0.3) is 0 Å². The van der Waals surface area contributed by atoms with Crippen LogP contribution in [0.2, 0.25) is 5.02 Å². The minimum atomic E-state index is -0.401. The van der Waals surface area contributed by atoms with Crippen LogP contribution >= 0.6 is 11.6 Å². The van der Waals surface area contributed by atoms with Crippen LogP contribution in [0.5, 0.6) is 0 Å². The smallest absolute Gasteiger partial charge is 0.222 e. The van der Waals surface area contributed by atoms with E-state index in [1.165, 1.54) is 5.56 Å². The van der Waals surface area contributed by atoms with Crippen molar-refractivity contribution in [1.82, 2.24) is 9.80 Å². The Morgan fingerprint density at radius 3 is 2.68 bits per heavy atom. The van der Waals surface area contributed by atoms with E-state index in [1.807, 2.05) is 29.2 Å². The first-order valence-electron chi connectivity index (χ1n) is 9.15. The maximum atomic E-state index is 12.5. The average Bonchev–Trinajstić information content (AvgIpc) is 2.89. The average molecular weight is 367 g/mol. The van der Waals surface area contributed by atoms with E-state index in [4.69, 9.17) is 16.3 Å². The quantitative estimate of drug-likeness (QED) is 0.865. The van der Waals surface area contributed by atoms with E-state index in [-0.39, 0.29) is 11.9 Å². The van der Waals surface area contributed by atoms with E-state index in [0.29, 0.717) is 19.6 Å². The van der Waals surface area contributed by atoms with Crippen molar-refractivity contribution in [2.24, 2.45) is 0 Å². The Morgan fingerprint density at radius 2 is 1.96 bits per heavy atom. The largest absolute Gasteiger partial charge is 0.389 e. The van der Waals surface area contributed by atoms with E-state index >= 15 is 0 Å². The highest BCUT2D eigenvalue weighted by Gasteiger charge is 2.32. The molecule has 2 atom stereocenters. The van der Waals surface area contributed by atoms with E-state index in [9.17, 15) is 9.90 Å². The summed E-state index contributed by atoms with van der Waals surface area (Å²) in [7, 11) is 0. The molecule has 0 unspecified atom stereocenters. The van der Waals surface area contributed by atoms with E-state index < -0.39 is 6.10 Å². The zero-order chi connectivity index (χ0) is 17.6. The maximum absolute atomic E-state index is 12.5. The molecule has 2 aliphatic heterocycles. The fourth-order valence-electron chi connectivity index (χ4n) is 3.65. The topological polar surface area (TPSA) is 53.0 Å². The Labute approximate surface area is 154 Å². The van der Waals surface area contributed by atoms with Crippen molar-refractivity contribution in [2.45, 2.75) is 37.8 Å². The third-order valence-electron chi connectivity index (χ3n) is 5.14. The highest BCUT2D eigenvalue weighted by Crippen LogP contribution is 2.17. The van der Waals surface area contributed by atoms with Gasteiger partial charge in [0.15, 0.2) is 0 Å². The molecule has 5 nitrogen and oxygen atoms in total. The van der Waals surface area contributed by atoms with Gasteiger partial charge in [-0.05, 0) is 37.0 Å². The van der Waals surface area contributed by atoms with Crippen molar-refractivity contribution in [2.75, 3.05) is 39.4 Å².